The fourth-order valence-electron chi connectivity index (χ4n) is 11.3. The molecule has 10 aromatic carbocycles. The highest BCUT2D eigenvalue weighted by atomic mass is 15.2. The summed E-state index contributed by atoms with van der Waals surface area (Å²) < 4.78 is 4.65. The van der Waals surface area contributed by atoms with Crippen molar-refractivity contribution >= 4 is 43.6 Å². The zero-order valence-electron chi connectivity index (χ0n) is 37.4. The summed E-state index contributed by atoms with van der Waals surface area (Å²) >= 11 is 0. The molecule has 69 heavy (non-hydrogen) atoms. The molecule has 0 spiro atoms. The Balaban J connectivity index is 1.07. The van der Waals surface area contributed by atoms with Gasteiger partial charge in [0.05, 0.1) is 27.5 Å². The van der Waals surface area contributed by atoms with Gasteiger partial charge in [0.2, 0.25) is 5.95 Å². The number of fused-ring (bicyclic) bond motifs is 9. The molecule has 0 fully saturated rings. The molecule has 0 amide bonds. The van der Waals surface area contributed by atoms with Gasteiger partial charge in [-0.2, -0.15) is 9.97 Å². The lowest BCUT2D eigenvalue weighted by atomic mass is 9.67. The fraction of sp³-hybridized carbons (Fsp3) is 0.0156. The molecule has 0 radical (unpaired) electrons. The molecule has 322 valence electrons. The maximum absolute atomic E-state index is 5.37. The van der Waals surface area contributed by atoms with Crippen molar-refractivity contribution in [3.63, 3.8) is 0 Å². The molecule has 0 saturated carbocycles. The van der Waals surface area contributed by atoms with Gasteiger partial charge in [0.15, 0.2) is 11.6 Å². The first kappa shape index (κ1) is 39.0. The Morgan fingerprint density at radius 1 is 0.290 bits per heavy atom. The smallest absolute Gasteiger partial charge is 0.238 e. The van der Waals surface area contributed by atoms with Gasteiger partial charge in [0.1, 0.15) is 0 Å². The van der Waals surface area contributed by atoms with Crippen LogP contribution in [0.5, 0.6) is 0 Å². The predicted octanol–water partition coefficient (Wildman–Crippen LogP) is 15.4. The van der Waals surface area contributed by atoms with Crippen molar-refractivity contribution in [3.05, 3.63) is 271 Å². The topological polar surface area (TPSA) is 48.5 Å². The molecule has 5 heteroatoms. The van der Waals surface area contributed by atoms with Gasteiger partial charge >= 0.3 is 0 Å². The summed E-state index contributed by atoms with van der Waals surface area (Å²) in [4.78, 5) is 15.8. The average molecular weight is 880 g/mol. The number of hydrogen-bond acceptors (Lipinski definition) is 3. The molecule has 3 heterocycles. The molecule has 3 aromatic heterocycles. The van der Waals surface area contributed by atoms with E-state index in [1.807, 2.05) is 36.4 Å². The summed E-state index contributed by atoms with van der Waals surface area (Å²) in [7, 11) is 0. The Kier molecular flexibility index (Phi) is 8.73. The third-order valence-corrected chi connectivity index (χ3v) is 14.3. The van der Waals surface area contributed by atoms with E-state index in [1.165, 1.54) is 55.2 Å². The Morgan fingerprint density at radius 2 is 0.768 bits per heavy atom. The van der Waals surface area contributed by atoms with E-state index in [9.17, 15) is 0 Å². The van der Waals surface area contributed by atoms with E-state index in [4.69, 9.17) is 15.0 Å². The second kappa shape index (κ2) is 15.4. The molecule has 0 N–H and O–H groups in total. The van der Waals surface area contributed by atoms with Crippen LogP contribution in [0.2, 0.25) is 0 Å². The average Bonchev–Trinajstić information content (AvgIpc) is 4.04. The van der Waals surface area contributed by atoms with Crippen LogP contribution in [0, 0.1) is 0 Å². The molecule has 0 unspecified atom stereocenters. The van der Waals surface area contributed by atoms with Crippen molar-refractivity contribution < 1.29 is 0 Å². The normalized spacial score (nSPS) is 12.8. The first-order chi connectivity index (χ1) is 34.2. The molecule has 0 atom stereocenters. The summed E-state index contributed by atoms with van der Waals surface area (Å²) in [5.74, 6) is 1.79. The maximum atomic E-state index is 5.37. The molecule has 0 saturated heterocycles. The number of rotatable bonds is 7. The molecule has 1 aliphatic carbocycles. The van der Waals surface area contributed by atoms with Crippen molar-refractivity contribution in [1.82, 2.24) is 24.1 Å². The molecule has 14 rings (SSSR count). The van der Waals surface area contributed by atoms with Crippen LogP contribution < -0.4 is 0 Å². The van der Waals surface area contributed by atoms with Crippen molar-refractivity contribution in [2.45, 2.75) is 5.41 Å². The van der Waals surface area contributed by atoms with Crippen LogP contribution >= 0.6 is 0 Å². The van der Waals surface area contributed by atoms with E-state index < -0.39 is 5.41 Å². The van der Waals surface area contributed by atoms with E-state index in [0.717, 1.165) is 49.7 Å². The van der Waals surface area contributed by atoms with Crippen LogP contribution in [0.25, 0.3) is 100 Å². The highest BCUT2D eigenvalue weighted by Gasteiger charge is 2.46. The monoisotopic (exact) mass is 879 g/mol. The van der Waals surface area contributed by atoms with Crippen LogP contribution in [0.1, 0.15) is 22.3 Å². The number of aromatic nitrogens is 5. The summed E-state index contributed by atoms with van der Waals surface area (Å²) in [6.45, 7) is 0. The first-order valence-corrected chi connectivity index (χ1v) is 23.5. The minimum atomic E-state index is -0.590. The van der Waals surface area contributed by atoms with Gasteiger partial charge < -0.3 is 4.57 Å². The summed E-state index contributed by atoms with van der Waals surface area (Å²) in [6, 6.07) is 89.5. The minimum Gasteiger partial charge on any atom is -0.309 e. The quantitative estimate of drug-likeness (QED) is 0.160. The Morgan fingerprint density at radius 3 is 1.39 bits per heavy atom. The van der Waals surface area contributed by atoms with Gasteiger partial charge in [-0.3, -0.25) is 4.57 Å². The lowest BCUT2D eigenvalue weighted by Crippen LogP contribution is -2.28. The van der Waals surface area contributed by atoms with E-state index in [2.05, 4.69) is 221 Å². The predicted molar refractivity (Wildman–Crippen MR) is 282 cm³/mol. The summed E-state index contributed by atoms with van der Waals surface area (Å²) in [5.41, 5.74) is 16.5. The molecule has 5 nitrogen and oxygen atoms in total. The third kappa shape index (κ3) is 5.94. The van der Waals surface area contributed by atoms with Gasteiger partial charge in [-0.15, -0.1) is 0 Å². The molecular formula is C64H41N5. The Bertz CT molecular complexity index is 4010. The maximum Gasteiger partial charge on any atom is 0.238 e. The minimum absolute atomic E-state index is 0.561. The van der Waals surface area contributed by atoms with Gasteiger partial charge in [-0.05, 0) is 99.1 Å². The van der Waals surface area contributed by atoms with Crippen molar-refractivity contribution in [1.29, 1.82) is 0 Å². The molecular weight excluding hydrogens is 839 g/mol. The van der Waals surface area contributed by atoms with E-state index in [0.29, 0.717) is 17.6 Å². The number of para-hydroxylation sites is 2. The standard InChI is InChI=1S/C64H41N5/c1-6-20-42(21-7-1)61-65-62(43-22-8-2-9-23-43)67-63(66-61)69-59-37-35-45(44-34-36-58-52(38-44)50-31-17-19-33-57(50)68(58)48-28-14-5-15-29-48)39-53(59)54-40-51-49-30-16-18-32-55(49)64(56(51)41-60(54)69,46-24-10-3-11-25-46)47-26-12-4-13-27-47/h1-41H. The summed E-state index contributed by atoms with van der Waals surface area (Å²) in [6.07, 6.45) is 0. The number of hydrogen-bond donors (Lipinski definition) is 0. The van der Waals surface area contributed by atoms with Crippen molar-refractivity contribution in [3.8, 4) is 56.7 Å². The third-order valence-electron chi connectivity index (χ3n) is 14.3. The van der Waals surface area contributed by atoms with Crippen LogP contribution in [-0.4, -0.2) is 24.1 Å². The van der Waals surface area contributed by atoms with Crippen LogP contribution in [-0.2, 0) is 5.41 Å². The van der Waals surface area contributed by atoms with Crippen LogP contribution in [0.4, 0.5) is 0 Å². The number of benzene rings is 10. The second-order valence-electron chi connectivity index (χ2n) is 17.9. The molecule has 1 aliphatic rings. The van der Waals surface area contributed by atoms with E-state index in [-0.39, 0.29) is 0 Å². The highest BCUT2D eigenvalue weighted by molar-refractivity contribution is 6.14. The van der Waals surface area contributed by atoms with Gasteiger partial charge in [-0.1, -0.05) is 194 Å². The lowest BCUT2D eigenvalue weighted by Gasteiger charge is -2.34. The van der Waals surface area contributed by atoms with Crippen LogP contribution in [0.3, 0.4) is 0 Å². The molecule has 0 aliphatic heterocycles. The van der Waals surface area contributed by atoms with E-state index in [1.54, 1.807) is 0 Å². The van der Waals surface area contributed by atoms with Gasteiger partial charge in [-0.25, -0.2) is 4.98 Å². The van der Waals surface area contributed by atoms with Crippen LogP contribution in [0.15, 0.2) is 249 Å². The molecule has 0 bridgehead atoms. The van der Waals surface area contributed by atoms with Gasteiger partial charge in [0, 0.05) is 38.4 Å². The zero-order valence-corrected chi connectivity index (χ0v) is 37.4. The summed E-state index contributed by atoms with van der Waals surface area (Å²) in [5, 5.41) is 4.69. The SMILES string of the molecule is c1ccc(-c2nc(-c3ccccc3)nc(-n3c4ccc(-c5ccc6c(c5)c5ccccc5n6-c5ccccc5)cc4c4cc5c(cc43)C(c3ccccc3)(c3ccccc3)c3ccccc3-5)n2)cc1. The first-order valence-electron chi connectivity index (χ1n) is 23.5. The fourth-order valence-corrected chi connectivity index (χ4v) is 11.3. The Hall–Kier alpha value is -9.19. The van der Waals surface area contributed by atoms with Gasteiger partial charge in [0.25, 0.3) is 0 Å². The zero-order chi connectivity index (χ0) is 45.5. The van der Waals surface area contributed by atoms with Crippen molar-refractivity contribution in [2.24, 2.45) is 0 Å². The lowest BCUT2D eigenvalue weighted by molar-refractivity contribution is 0.769. The molecule has 13 aromatic rings. The van der Waals surface area contributed by atoms with E-state index >= 15 is 0 Å². The second-order valence-corrected chi connectivity index (χ2v) is 17.9. The Labute approximate surface area is 398 Å². The van der Waals surface area contributed by atoms with Crippen molar-refractivity contribution in [2.75, 3.05) is 0 Å². The largest absolute Gasteiger partial charge is 0.309 e. The number of nitrogens with zero attached hydrogens (tertiary/aromatic N) is 5. The highest BCUT2D eigenvalue weighted by Crippen LogP contribution is 2.57.